The van der Waals surface area contributed by atoms with Crippen molar-refractivity contribution in [2.45, 2.75) is 51.5 Å². The lowest BCUT2D eigenvalue weighted by atomic mass is 9.81. The first-order valence-electron chi connectivity index (χ1n) is 10.7. The van der Waals surface area contributed by atoms with Gasteiger partial charge in [0.05, 0.1) is 20.6 Å². The zero-order chi connectivity index (χ0) is 22.8. The van der Waals surface area contributed by atoms with E-state index in [1.807, 2.05) is 31.2 Å². The summed E-state index contributed by atoms with van der Waals surface area (Å²) >= 11 is 0. The Morgan fingerprint density at radius 3 is 2.32 bits per heavy atom. The number of carbonyl (C=O) groups is 4. The predicted molar refractivity (Wildman–Crippen MR) is 114 cm³/mol. The number of amides is 2. The van der Waals surface area contributed by atoms with Crippen molar-refractivity contribution in [3.8, 4) is 0 Å². The molecule has 1 aliphatic rings. The highest BCUT2D eigenvalue weighted by Gasteiger charge is 2.31. The lowest BCUT2D eigenvalue weighted by Crippen LogP contribution is -2.46. The Kier molecular flexibility index (Phi) is 9.49. The first-order valence-corrected chi connectivity index (χ1v) is 10.7. The van der Waals surface area contributed by atoms with Crippen molar-refractivity contribution >= 4 is 23.8 Å². The highest BCUT2D eigenvalue weighted by molar-refractivity contribution is 5.95. The fourth-order valence-electron chi connectivity index (χ4n) is 3.89. The van der Waals surface area contributed by atoms with Gasteiger partial charge in [0, 0.05) is 18.0 Å². The number of benzene rings is 1. The van der Waals surface area contributed by atoms with Gasteiger partial charge in [0.1, 0.15) is 6.04 Å². The van der Waals surface area contributed by atoms with Crippen LogP contribution in [0.2, 0.25) is 0 Å². The molecule has 0 unspecified atom stereocenters. The summed E-state index contributed by atoms with van der Waals surface area (Å²) in [5.74, 6) is -1.55. The van der Waals surface area contributed by atoms with Crippen molar-refractivity contribution in [3.05, 3.63) is 35.4 Å². The van der Waals surface area contributed by atoms with E-state index in [0.717, 1.165) is 24.8 Å². The Morgan fingerprint density at radius 2 is 1.71 bits per heavy atom. The van der Waals surface area contributed by atoms with Gasteiger partial charge in [0.2, 0.25) is 5.91 Å². The van der Waals surface area contributed by atoms with Gasteiger partial charge in [-0.3, -0.25) is 14.4 Å². The molecule has 2 N–H and O–H groups in total. The SMILES string of the molecule is CCc1ccccc1C(=O)NCC1CCC(C(=O)N[C@@H](CC(=O)OC)C(=O)OC)CC1. The molecule has 1 aromatic carbocycles. The van der Waals surface area contributed by atoms with Crippen LogP contribution in [0.25, 0.3) is 0 Å². The largest absolute Gasteiger partial charge is 0.469 e. The number of rotatable bonds is 9. The maximum atomic E-state index is 12.6. The molecular weight excluding hydrogens is 400 g/mol. The summed E-state index contributed by atoms with van der Waals surface area (Å²) in [5, 5.41) is 5.64. The molecule has 8 heteroatoms. The maximum Gasteiger partial charge on any atom is 0.328 e. The average Bonchev–Trinajstić information content (AvgIpc) is 2.81. The number of hydrogen-bond acceptors (Lipinski definition) is 6. The normalized spacial score (nSPS) is 19.1. The fourth-order valence-corrected chi connectivity index (χ4v) is 3.89. The Labute approximate surface area is 183 Å². The molecule has 1 atom stereocenters. The zero-order valence-electron chi connectivity index (χ0n) is 18.4. The van der Waals surface area contributed by atoms with E-state index < -0.39 is 18.0 Å². The van der Waals surface area contributed by atoms with Crippen LogP contribution in [0.4, 0.5) is 0 Å². The fraction of sp³-hybridized carbons (Fsp3) is 0.565. The van der Waals surface area contributed by atoms with E-state index in [1.54, 1.807) is 0 Å². The van der Waals surface area contributed by atoms with Crippen LogP contribution in [-0.4, -0.2) is 50.6 Å². The number of hydrogen-bond donors (Lipinski definition) is 2. The Balaban J connectivity index is 1.82. The van der Waals surface area contributed by atoms with Crippen molar-refractivity contribution in [3.63, 3.8) is 0 Å². The molecule has 31 heavy (non-hydrogen) atoms. The molecule has 1 saturated carbocycles. The number of carbonyl (C=O) groups excluding carboxylic acids is 4. The Hall–Kier alpha value is -2.90. The second kappa shape index (κ2) is 12.1. The van der Waals surface area contributed by atoms with Gasteiger partial charge in [-0.25, -0.2) is 4.79 Å². The molecule has 8 nitrogen and oxygen atoms in total. The van der Waals surface area contributed by atoms with Crippen LogP contribution >= 0.6 is 0 Å². The predicted octanol–water partition coefficient (Wildman–Crippen LogP) is 2.01. The molecule has 2 rings (SSSR count). The van der Waals surface area contributed by atoms with E-state index in [0.29, 0.717) is 30.9 Å². The molecule has 2 amide bonds. The highest BCUT2D eigenvalue weighted by Crippen LogP contribution is 2.29. The van der Waals surface area contributed by atoms with Crippen molar-refractivity contribution in [1.29, 1.82) is 0 Å². The van der Waals surface area contributed by atoms with E-state index in [2.05, 4.69) is 20.1 Å². The molecule has 170 valence electrons. The molecule has 0 spiro atoms. The molecule has 1 fully saturated rings. The summed E-state index contributed by atoms with van der Waals surface area (Å²) in [6.07, 6.45) is 3.44. The monoisotopic (exact) mass is 432 g/mol. The van der Waals surface area contributed by atoms with Crippen LogP contribution in [0, 0.1) is 11.8 Å². The van der Waals surface area contributed by atoms with Gasteiger partial charge in [-0.05, 0) is 49.7 Å². The quantitative estimate of drug-likeness (QED) is 0.578. The molecule has 0 aliphatic heterocycles. The zero-order valence-corrected chi connectivity index (χ0v) is 18.4. The van der Waals surface area contributed by atoms with Crippen molar-refractivity contribution in [1.82, 2.24) is 10.6 Å². The van der Waals surface area contributed by atoms with E-state index in [9.17, 15) is 19.2 Å². The molecule has 0 heterocycles. The summed E-state index contributed by atoms with van der Waals surface area (Å²) < 4.78 is 9.25. The van der Waals surface area contributed by atoms with Crippen LogP contribution in [0.5, 0.6) is 0 Å². The molecule has 1 aromatic rings. The van der Waals surface area contributed by atoms with Crippen LogP contribution in [0.15, 0.2) is 24.3 Å². The highest BCUT2D eigenvalue weighted by atomic mass is 16.5. The minimum absolute atomic E-state index is 0.0685. The number of esters is 2. The third-order valence-electron chi connectivity index (χ3n) is 5.81. The molecule has 1 aliphatic carbocycles. The van der Waals surface area contributed by atoms with Crippen molar-refractivity contribution in [2.24, 2.45) is 11.8 Å². The number of ether oxygens (including phenoxy) is 2. The maximum absolute atomic E-state index is 12.6. The van der Waals surface area contributed by atoms with Gasteiger partial charge in [-0.2, -0.15) is 0 Å². The second-order valence-electron chi connectivity index (χ2n) is 7.80. The van der Waals surface area contributed by atoms with Gasteiger partial charge in [0.15, 0.2) is 0 Å². The third kappa shape index (κ3) is 7.08. The summed E-state index contributed by atoms with van der Waals surface area (Å²) in [6, 6.07) is 6.53. The number of aryl methyl sites for hydroxylation is 1. The van der Waals surface area contributed by atoms with Crippen LogP contribution < -0.4 is 10.6 Å². The van der Waals surface area contributed by atoms with Crippen molar-refractivity contribution < 1.29 is 28.7 Å². The van der Waals surface area contributed by atoms with Crippen LogP contribution in [0.3, 0.4) is 0 Å². The summed E-state index contributed by atoms with van der Waals surface area (Å²) in [4.78, 5) is 48.5. The summed E-state index contributed by atoms with van der Waals surface area (Å²) in [6.45, 7) is 2.59. The second-order valence-corrected chi connectivity index (χ2v) is 7.80. The van der Waals surface area contributed by atoms with Crippen molar-refractivity contribution in [2.75, 3.05) is 20.8 Å². The molecule has 0 saturated heterocycles. The van der Waals surface area contributed by atoms with E-state index in [4.69, 9.17) is 0 Å². The lowest BCUT2D eigenvalue weighted by molar-refractivity contribution is -0.151. The van der Waals surface area contributed by atoms with Gasteiger partial charge in [0.25, 0.3) is 5.91 Å². The van der Waals surface area contributed by atoms with E-state index in [1.165, 1.54) is 14.2 Å². The topological polar surface area (TPSA) is 111 Å². The molecular formula is C23H32N2O6. The van der Waals surface area contributed by atoms with Gasteiger partial charge in [-0.15, -0.1) is 0 Å². The summed E-state index contributed by atoms with van der Waals surface area (Å²) in [5.41, 5.74) is 1.73. The van der Waals surface area contributed by atoms with Gasteiger partial charge >= 0.3 is 11.9 Å². The molecule has 0 radical (unpaired) electrons. The Bertz CT molecular complexity index is 786. The molecule has 0 aromatic heterocycles. The summed E-state index contributed by atoms with van der Waals surface area (Å²) in [7, 11) is 2.43. The third-order valence-corrected chi connectivity index (χ3v) is 5.81. The average molecular weight is 433 g/mol. The minimum atomic E-state index is -1.06. The van der Waals surface area contributed by atoms with Gasteiger partial charge < -0.3 is 20.1 Å². The lowest BCUT2D eigenvalue weighted by Gasteiger charge is -2.29. The van der Waals surface area contributed by atoms with Gasteiger partial charge in [-0.1, -0.05) is 25.1 Å². The molecule has 0 bridgehead atoms. The standard InChI is InChI=1S/C23H32N2O6/c1-4-16-7-5-6-8-18(16)22(28)24-14-15-9-11-17(12-10-15)21(27)25-19(23(29)31-3)13-20(26)30-2/h5-8,15,17,19H,4,9-14H2,1-3H3,(H,24,28)(H,25,27)/t15?,17?,19-/m0/s1. The van der Waals surface area contributed by atoms with E-state index in [-0.39, 0.29) is 24.2 Å². The van der Waals surface area contributed by atoms with E-state index >= 15 is 0 Å². The number of methoxy groups -OCH3 is 2. The first kappa shape index (κ1) is 24.4. The first-order chi connectivity index (χ1) is 14.9. The minimum Gasteiger partial charge on any atom is -0.469 e. The Morgan fingerprint density at radius 1 is 1.03 bits per heavy atom. The van der Waals surface area contributed by atoms with Crippen LogP contribution in [-0.2, 0) is 30.3 Å². The number of nitrogens with one attached hydrogen (secondary N) is 2. The van der Waals surface area contributed by atoms with Crippen LogP contribution in [0.1, 0.15) is 54.9 Å². The smallest absolute Gasteiger partial charge is 0.328 e.